The van der Waals surface area contributed by atoms with Crippen LogP contribution < -0.4 is 5.32 Å². The number of hydrogen-bond donors (Lipinski definition) is 1. The first-order valence-electron chi connectivity index (χ1n) is 8.48. The average Bonchev–Trinajstić information content (AvgIpc) is 3.03. The topological polar surface area (TPSA) is 33.1 Å². The van der Waals surface area contributed by atoms with Crippen molar-refractivity contribution in [3.63, 3.8) is 0 Å². The number of likely N-dealkylation sites (tertiary alicyclic amines) is 1. The third kappa shape index (κ3) is 4.79. The summed E-state index contributed by atoms with van der Waals surface area (Å²) in [4.78, 5) is 2.49. The molecule has 1 fully saturated rings. The predicted octanol–water partition coefficient (Wildman–Crippen LogP) is 3.25. The Morgan fingerprint density at radius 3 is 2.54 bits per heavy atom. The highest BCUT2D eigenvalue weighted by atomic mass is 35.5. The van der Waals surface area contributed by atoms with Gasteiger partial charge in [-0.1, -0.05) is 6.92 Å². The quantitative estimate of drug-likeness (QED) is 0.866. The second-order valence-electron chi connectivity index (χ2n) is 6.24. The first-order chi connectivity index (χ1) is 11.3. The smallest absolute Gasteiger partial charge is 0.123 e. The Hall–Kier alpha value is -1.43. The maximum atomic E-state index is 13.1. The van der Waals surface area contributed by atoms with E-state index < -0.39 is 0 Å². The highest BCUT2D eigenvalue weighted by Crippen LogP contribution is 2.19. The third-order valence-corrected chi connectivity index (χ3v) is 4.57. The molecule has 0 saturated carbocycles. The van der Waals surface area contributed by atoms with Crippen LogP contribution in [0, 0.1) is 11.7 Å². The SMILES string of the molecule is CCNCC1CCN(Cc2ccnn2-c2ccc(F)cc2)CC1.Cl. The zero-order valence-electron chi connectivity index (χ0n) is 14.1. The van der Waals surface area contributed by atoms with Crippen LogP contribution in [-0.2, 0) is 6.54 Å². The molecule has 0 spiro atoms. The van der Waals surface area contributed by atoms with Gasteiger partial charge in [0.15, 0.2) is 0 Å². The molecule has 3 rings (SSSR count). The van der Waals surface area contributed by atoms with Crippen molar-refractivity contribution >= 4 is 12.4 Å². The van der Waals surface area contributed by atoms with Gasteiger partial charge in [-0.05, 0) is 75.3 Å². The second kappa shape index (κ2) is 9.16. The number of aromatic nitrogens is 2. The summed E-state index contributed by atoms with van der Waals surface area (Å²) < 4.78 is 15.0. The van der Waals surface area contributed by atoms with Crippen LogP contribution >= 0.6 is 12.4 Å². The minimum atomic E-state index is -0.217. The van der Waals surface area contributed by atoms with E-state index in [-0.39, 0.29) is 18.2 Å². The number of nitrogens with zero attached hydrogens (tertiary/aromatic N) is 3. The van der Waals surface area contributed by atoms with Gasteiger partial charge < -0.3 is 5.32 Å². The summed E-state index contributed by atoms with van der Waals surface area (Å²) in [6.07, 6.45) is 4.31. The van der Waals surface area contributed by atoms with E-state index >= 15 is 0 Å². The van der Waals surface area contributed by atoms with Gasteiger partial charge >= 0.3 is 0 Å². The molecule has 0 amide bonds. The zero-order chi connectivity index (χ0) is 16.1. The van der Waals surface area contributed by atoms with Gasteiger partial charge in [0, 0.05) is 12.7 Å². The van der Waals surface area contributed by atoms with Crippen molar-refractivity contribution in [2.24, 2.45) is 5.92 Å². The summed E-state index contributed by atoms with van der Waals surface area (Å²) in [6, 6.07) is 8.55. The fourth-order valence-electron chi connectivity index (χ4n) is 3.19. The number of nitrogens with one attached hydrogen (secondary N) is 1. The lowest BCUT2D eigenvalue weighted by atomic mass is 9.96. The molecule has 1 aliphatic rings. The van der Waals surface area contributed by atoms with Crippen LogP contribution in [0.2, 0.25) is 0 Å². The molecule has 1 saturated heterocycles. The fourth-order valence-corrected chi connectivity index (χ4v) is 3.19. The molecule has 2 aromatic rings. The lowest BCUT2D eigenvalue weighted by molar-refractivity contribution is 0.173. The molecule has 0 atom stereocenters. The molecule has 1 aromatic carbocycles. The minimum absolute atomic E-state index is 0. The van der Waals surface area contributed by atoms with Gasteiger partial charge in [0.2, 0.25) is 0 Å². The minimum Gasteiger partial charge on any atom is -0.317 e. The molecule has 2 heterocycles. The summed E-state index contributed by atoms with van der Waals surface area (Å²) in [5.41, 5.74) is 2.06. The predicted molar refractivity (Wildman–Crippen MR) is 97.3 cm³/mol. The molecular formula is C18H26ClFN4. The molecule has 132 valence electrons. The third-order valence-electron chi connectivity index (χ3n) is 4.57. The number of rotatable bonds is 6. The van der Waals surface area contributed by atoms with Crippen LogP contribution in [0.1, 0.15) is 25.5 Å². The van der Waals surface area contributed by atoms with E-state index in [2.05, 4.69) is 22.2 Å². The fraction of sp³-hybridized carbons (Fsp3) is 0.500. The van der Waals surface area contributed by atoms with Crippen molar-refractivity contribution < 1.29 is 4.39 Å². The van der Waals surface area contributed by atoms with Crippen molar-refractivity contribution in [3.8, 4) is 5.69 Å². The van der Waals surface area contributed by atoms with Gasteiger partial charge in [-0.25, -0.2) is 9.07 Å². The van der Waals surface area contributed by atoms with Crippen molar-refractivity contribution in [2.75, 3.05) is 26.2 Å². The van der Waals surface area contributed by atoms with Crippen molar-refractivity contribution in [1.82, 2.24) is 20.0 Å². The molecule has 1 N–H and O–H groups in total. The van der Waals surface area contributed by atoms with Crippen LogP contribution in [0.15, 0.2) is 36.5 Å². The second-order valence-corrected chi connectivity index (χ2v) is 6.24. The summed E-state index contributed by atoms with van der Waals surface area (Å²) >= 11 is 0. The molecule has 1 aliphatic heterocycles. The van der Waals surface area contributed by atoms with Gasteiger partial charge in [-0.2, -0.15) is 5.10 Å². The Morgan fingerprint density at radius 2 is 1.88 bits per heavy atom. The summed E-state index contributed by atoms with van der Waals surface area (Å²) in [5.74, 6) is 0.582. The van der Waals surface area contributed by atoms with E-state index in [0.29, 0.717) is 0 Å². The molecule has 6 heteroatoms. The summed E-state index contributed by atoms with van der Waals surface area (Å²) in [5, 5.41) is 7.84. The van der Waals surface area contributed by atoms with E-state index in [1.807, 2.05) is 16.9 Å². The summed E-state index contributed by atoms with van der Waals surface area (Å²) in [6.45, 7) is 7.50. The van der Waals surface area contributed by atoms with Gasteiger partial charge in [0.05, 0.1) is 11.4 Å². The van der Waals surface area contributed by atoms with Crippen molar-refractivity contribution in [2.45, 2.75) is 26.3 Å². The number of piperidine rings is 1. The Balaban J connectivity index is 0.00000208. The number of hydrogen-bond acceptors (Lipinski definition) is 3. The van der Waals surface area contributed by atoms with Gasteiger partial charge in [0.1, 0.15) is 5.82 Å². The normalized spacial score (nSPS) is 16.1. The van der Waals surface area contributed by atoms with Crippen LogP contribution in [0.4, 0.5) is 4.39 Å². The molecule has 0 aliphatic carbocycles. The average molecular weight is 353 g/mol. The molecule has 0 bridgehead atoms. The number of benzene rings is 1. The standard InChI is InChI=1S/C18H25FN4.ClH/c1-2-20-13-15-8-11-22(12-9-15)14-18-7-10-21-23(18)17-5-3-16(19)4-6-17;/h3-7,10,15,20H,2,8-9,11-14H2,1H3;1H. The first-order valence-corrected chi connectivity index (χ1v) is 8.48. The monoisotopic (exact) mass is 352 g/mol. The molecule has 0 unspecified atom stereocenters. The molecule has 1 aromatic heterocycles. The van der Waals surface area contributed by atoms with Gasteiger partial charge in [-0.3, -0.25) is 4.90 Å². The lowest BCUT2D eigenvalue weighted by Gasteiger charge is -2.32. The van der Waals surface area contributed by atoms with Crippen molar-refractivity contribution in [1.29, 1.82) is 0 Å². The molecule has 4 nitrogen and oxygen atoms in total. The van der Waals surface area contributed by atoms with Crippen molar-refractivity contribution in [3.05, 3.63) is 48.0 Å². The van der Waals surface area contributed by atoms with Gasteiger partial charge in [-0.15, -0.1) is 12.4 Å². The largest absolute Gasteiger partial charge is 0.317 e. The first kappa shape index (κ1) is 18.9. The van der Waals surface area contributed by atoms with E-state index in [9.17, 15) is 4.39 Å². The Kier molecular flexibility index (Phi) is 7.21. The Bertz CT molecular complexity index is 606. The van der Waals surface area contributed by atoms with Crippen LogP contribution in [0.25, 0.3) is 5.69 Å². The lowest BCUT2D eigenvalue weighted by Crippen LogP contribution is -2.37. The van der Waals surface area contributed by atoms with Crippen LogP contribution in [0.5, 0.6) is 0 Å². The van der Waals surface area contributed by atoms with E-state index in [1.165, 1.54) is 25.0 Å². The number of halogens is 2. The van der Waals surface area contributed by atoms with E-state index in [4.69, 9.17) is 0 Å². The zero-order valence-corrected chi connectivity index (χ0v) is 14.9. The van der Waals surface area contributed by atoms with E-state index in [0.717, 1.165) is 50.0 Å². The van der Waals surface area contributed by atoms with E-state index in [1.54, 1.807) is 12.1 Å². The maximum absolute atomic E-state index is 13.1. The summed E-state index contributed by atoms with van der Waals surface area (Å²) in [7, 11) is 0. The van der Waals surface area contributed by atoms with Gasteiger partial charge in [0.25, 0.3) is 0 Å². The highest BCUT2D eigenvalue weighted by molar-refractivity contribution is 5.85. The molecule has 0 radical (unpaired) electrons. The Morgan fingerprint density at radius 1 is 1.17 bits per heavy atom. The molecule has 24 heavy (non-hydrogen) atoms. The Labute approximate surface area is 149 Å². The van der Waals surface area contributed by atoms with Crippen LogP contribution in [0.3, 0.4) is 0 Å². The van der Waals surface area contributed by atoms with Crippen LogP contribution in [-0.4, -0.2) is 40.9 Å². The maximum Gasteiger partial charge on any atom is 0.123 e. The highest BCUT2D eigenvalue weighted by Gasteiger charge is 2.20. The molecular weight excluding hydrogens is 327 g/mol.